The topological polar surface area (TPSA) is 68.3 Å². The Morgan fingerprint density at radius 1 is 1.33 bits per heavy atom. The average molecular weight is 342 g/mol. The van der Waals surface area contributed by atoms with Gasteiger partial charge >= 0.3 is 5.97 Å². The van der Waals surface area contributed by atoms with Crippen molar-refractivity contribution in [2.45, 2.75) is 25.3 Å². The van der Waals surface area contributed by atoms with Crippen LogP contribution in [0.25, 0.3) is 6.08 Å². The maximum absolute atomic E-state index is 12.5. The van der Waals surface area contributed by atoms with Gasteiger partial charge in [0, 0.05) is 30.5 Å². The molecular formula is C18H18N2O3S. The van der Waals surface area contributed by atoms with Gasteiger partial charge in [-0.05, 0) is 24.1 Å². The lowest BCUT2D eigenvalue weighted by molar-refractivity contribution is -0.152. The van der Waals surface area contributed by atoms with E-state index in [1.165, 1.54) is 17.4 Å². The molecule has 0 saturated heterocycles. The fourth-order valence-corrected chi connectivity index (χ4v) is 3.44. The number of esters is 1. The summed E-state index contributed by atoms with van der Waals surface area (Å²) < 4.78 is 5.22. The van der Waals surface area contributed by atoms with Crippen molar-refractivity contribution in [2.75, 3.05) is 6.61 Å². The summed E-state index contributed by atoms with van der Waals surface area (Å²) >= 11 is 1.44. The number of rotatable bonds is 5. The molecule has 1 amide bonds. The molecule has 0 atom stereocenters. The van der Waals surface area contributed by atoms with Gasteiger partial charge < -0.3 is 10.1 Å². The Balaban J connectivity index is 1.79. The molecule has 2 aromatic rings. The minimum atomic E-state index is -1.04. The van der Waals surface area contributed by atoms with Crippen LogP contribution in [0.5, 0.6) is 0 Å². The summed E-state index contributed by atoms with van der Waals surface area (Å²) in [5.41, 5.74) is 1.09. The van der Waals surface area contributed by atoms with Crippen LogP contribution in [-0.2, 0) is 27.2 Å². The number of ether oxygens (including phenoxy) is 1. The number of hydrogen-bond donors (Lipinski definition) is 1. The molecule has 1 aromatic heterocycles. The van der Waals surface area contributed by atoms with Crippen molar-refractivity contribution in [2.24, 2.45) is 0 Å². The predicted octanol–water partition coefficient (Wildman–Crippen LogP) is 2.37. The summed E-state index contributed by atoms with van der Waals surface area (Å²) in [6.45, 7) is 2.04. The van der Waals surface area contributed by atoms with E-state index >= 15 is 0 Å². The van der Waals surface area contributed by atoms with Crippen LogP contribution < -0.4 is 5.32 Å². The number of carbonyl (C=O) groups excluding carboxylic acids is 2. The van der Waals surface area contributed by atoms with Gasteiger partial charge in [0.15, 0.2) is 0 Å². The van der Waals surface area contributed by atoms with Gasteiger partial charge in [-0.1, -0.05) is 24.3 Å². The van der Waals surface area contributed by atoms with Crippen molar-refractivity contribution in [1.82, 2.24) is 10.3 Å². The molecule has 1 heterocycles. The summed E-state index contributed by atoms with van der Waals surface area (Å²) in [5.74, 6) is -0.719. The molecular weight excluding hydrogens is 324 g/mol. The van der Waals surface area contributed by atoms with Gasteiger partial charge in [-0.25, -0.2) is 9.78 Å². The number of thiazole rings is 1. The maximum atomic E-state index is 12.5. The monoisotopic (exact) mass is 342 g/mol. The molecule has 0 unspecified atom stereocenters. The molecule has 124 valence electrons. The highest BCUT2D eigenvalue weighted by Gasteiger charge is 2.46. The smallest absolute Gasteiger partial charge is 0.332 e. The Labute approximate surface area is 144 Å². The first-order chi connectivity index (χ1) is 11.6. The van der Waals surface area contributed by atoms with Crippen LogP contribution in [0.1, 0.15) is 23.1 Å². The second-order valence-corrected chi connectivity index (χ2v) is 6.54. The molecule has 1 aromatic carbocycles. The number of carbonyl (C=O) groups is 2. The number of nitrogens with one attached hydrogen (secondary N) is 1. The van der Waals surface area contributed by atoms with Gasteiger partial charge in [0.1, 0.15) is 10.5 Å². The van der Waals surface area contributed by atoms with Gasteiger partial charge in [0.05, 0.1) is 6.61 Å². The van der Waals surface area contributed by atoms with Gasteiger partial charge in [-0.2, -0.15) is 0 Å². The molecule has 0 aliphatic heterocycles. The van der Waals surface area contributed by atoms with E-state index in [1.54, 1.807) is 19.2 Å². The first-order valence-electron chi connectivity index (χ1n) is 7.77. The molecule has 5 nitrogen and oxygen atoms in total. The third-order valence-corrected chi connectivity index (χ3v) is 4.70. The van der Waals surface area contributed by atoms with Crippen molar-refractivity contribution in [1.29, 1.82) is 0 Å². The normalized spacial score (nSPS) is 15.2. The second kappa shape index (κ2) is 6.97. The number of hydrogen-bond acceptors (Lipinski definition) is 5. The van der Waals surface area contributed by atoms with Crippen molar-refractivity contribution in [3.8, 4) is 0 Å². The van der Waals surface area contributed by atoms with Crippen molar-refractivity contribution in [3.63, 3.8) is 0 Å². The van der Waals surface area contributed by atoms with Crippen molar-refractivity contribution >= 4 is 29.3 Å². The van der Waals surface area contributed by atoms with E-state index in [4.69, 9.17) is 4.74 Å². The zero-order chi connectivity index (χ0) is 17.0. The zero-order valence-electron chi connectivity index (χ0n) is 13.3. The van der Waals surface area contributed by atoms with Crippen LogP contribution in [0.4, 0.5) is 0 Å². The number of amides is 1. The van der Waals surface area contributed by atoms with E-state index in [-0.39, 0.29) is 12.5 Å². The average Bonchev–Trinajstić information content (AvgIpc) is 3.20. The van der Waals surface area contributed by atoms with Gasteiger partial charge in [0.2, 0.25) is 5.91 Å². The summed E-state index contributed by atoms with van der Waals surface area (Å²) in [7, 11) is 0. The SMILES string of the molecule is CCOC(=O)C1(NC(=O)/C=C/c2nccs2)Cc2ccccc2C1. The minimum Gasteiger partial charge on any atom is -0.464 e. The molecule has 0 saturated carbocycles. The van der Waals surface area contributed by atoms with Crippen LogP contribution in [-0.4, -0.2) is 29.0 Å². The van der Waals surface area contributed by atoms with E-state index in [0.29, 0.717) is 12.8 Å². The lowest BCUT2D eigenvalue weighted by Gasteiger charge is -2.27. The molecule has 3 rings (SSSR count). The van der Waals surface area contributed by atoms with Crippen molar-refractivity contribution < 1.29 is 14.3 Å². The molecule has 1 aliphatic rings. The van der Waals surface area contributed by atoms with Gasteiger partial charge in [-0.3, -0.25) is 4.79 Å². The Bertz CT molecular complexity index is 743. The maximum Gasteiger partial charge on any atom is 0.332 e. The molecule has 0 radical (unpaired) electrons. The molecule has 1 N–H and O–H groups in total. The number of aromatic nitrogens is 1. The summed E-state index contributed by atoms with van der Waals surface area (Å²) in [6, 6.07) is 7.83. The first-order valence-corrected chi connectivity index (χ1v) is 8.65. The third kappa shape index (κ3) is 3.38. The Morgan fingerprint density at radius 2 is 2.04 bits per heavy atom. The largest absolute Gasteiger partial charge is 0.464 e. The highest BCUT2D eigenvalue weighted by atomic mass is 32.1. The number of fused-ring (bicyclic) bond motifs is 1. The van der Waals surface area contributed by atoms with E-state index in [1.807, 2.05) is 29.6 Å². The molecule has 0 bridgehead atoms. The standard InChI is InChI=1S/C18H18N2O3S/c1-2-23-17(22)18(11-13-5-3-4-6-14(13)12-18)20-15(21)7-8-16-19-9-10-24-16/h3-10H,2,11-12H2,1H3,(H,20,21)/b8-7+. The molecule has 0 spiro atoms. The van der Waals surface area contributed by atoms with Crippen LogP contribution in [0.2, 0.25) is 0 Å². The number of benzene rings is 1. The van der Waals surface area contributed by atoms with Crippen LogP contribution in [0.3, 0.4) is 0 Å². The summed E-state index contributed by atoms with van der Waals surface area (Å²) in [5, 5.41) is 5.44. The Hall–Kier alpha value is -2.47. The fourth-order valence-electron chi connectivity index (χ4n) is 2.91. The zero-order valence-corrected chi connectivity index (χ0v) is 14.1. The quantitative estimate of drug-likeness (QED) is 0.669. The lowest BCUT2D eigenvalue weighted by atomic mass is 9.95. The Kier molecular flexibility index (Phi) is 4.76. The molecule has 6 heteroatoms. The molecule has 1 aliphatic carbocycles. The van der Waals surface area contributed by atoms with Crippen LogP contribution >= 0.6 is 11.3 Å². The second-order valence-electron chi connectivity index (χ2n) is 5.62. The number of nitrogens with zero attached hydrogens (tertiary/aromatic N) is 1. The highest BCUT2D eigenvalue weighted by molar-refractivity contribution is 7.10. The van der Waals surface area contributed by atoms with Crippen molar-refractivity contribution in [3.05, 3.63) is 58.1 Å². The lowest BCUT2D eigenvalue weighted by Crippen LogP contribution is -2.55. The van der Waals surface area contributed by atoms with Crippen LogP contribution in [0, 0.1) is 0 Å². The molecule has 0 fully saturated rings. The third-order valence-electron chi connectivity index (χ3n) is 3.96. The fraction of sp³-hybridized carbons (Fsp3) is 0.278. The van der Waals surface area contributed by atoms with E-state index in [0.717, 1.165) is 16.1 Å². The van der Waals surface area contributed by atoms with E-state index < -0.39 is 11.5 Å². The highest BCUT2D eigenvalue weighted by Crippen LogP contribution is 2.31. The Morgan fingerprint density at radius 3 is 2.62 bits per heavy atom. The summed E-state index contributed by atoms with van der Waals surface area (Å²) in [4.78, 5) is 29.0. The summed E-state index contributed by atoms with van der Waals surface area (Å²) in [6.07, 6.45) is 5.61. The van der Waals surface area contributed by atoms with Crippen LogP contribution in [0.15, 0.2) is 41.9 Å². The predicted molar refractivity (Wildman–Crippen MR) is 92.5 cm³/mol. The molecule has 24 heavy (non-hydrogen) atoms. The van der Waals surface area contributed by atoms with E-state index in [2.05, 4.69) is 10.3 Å². The van der Waals surface area contributed by atoms with Gasteiger partial charge in [-0.15, -0.1) is 11.3 Å². The van der Waals surface area contributed by atoms with Gasteiger partial charge in [0.25, 0.3) is 0 Å². The first kappa shape index (κ1) is 16.4. The van der Waals surface area contributed by atoms with E-state index in [9.17, 15) is 9.59 Å². The minimum absolute atomic E-state index is 0.280.